The number of nitrogens with zero attached hydrogens (tertiary/aromatic N) is 4. The summed E-state index contributed by atoms with van der Waals surface area (Å²) in [6.45, 7) is 4.17. The highest BCUT2D eigenvalue weighted by Gasteiger charge is 2.52. The van der Waals surface area contributed by atoms with Gasteiger partial charge in [0.25, 0.3) is 0 Å². The molecule has 2 atom stereocenters. The number of carbonyl (C=O) groups excluding carboxylic acids is 3. The number of aromatic hydroxyl groups is 1. The summed E-state index contributed by atoms with van der Waals surface area (Å²) in [7, 11) is 0. The normalized spacial score (nSPS) is 18.0. The summed E-state index contributed by atoms with van der Waals surface area (Å²) in [5, 5.41) is 18.4. The predicted octanol–water partition coefficient (Wildman–Crippen LogP) is 4.64. The highest BCUT2D eigenvalue weighted by Crippen LogP contribution is 2.34. The first kappa shape index (κ1) is 32.2. The number of hydrazine groups is 1. The number of nitrogens with two attached hydrogens (primary N) is 1. The fourth-order valence-corrected chi connectivity index (χ4v) is 7.39. The number of thiophene rings is 1. The number of rotatable bonds is 8. The molecule has 4 aromatic rings. The van der Waals surface area contributed by atoms with Gasteiger partial charge < -0.3 is 26.0 Å². The maximum atomic E-state index is 14.3. The van der Waals surface area contributed by atoms with Gasteiger partial charge in [-0.05, 0) is 71.3 Å². The largest absolute Gasteiger partial charge is 0.508 e. The van der Waals surface area contributed by atoms with Gasteiger partial charge in [-0.15, -0.1) is 17.8 Å². The number of phenolic OH excluding ortho intramolecular Hbond substituents is 1. The third kappa shape index (κ3) is 6.45. The number of hydrogen-bond acceptors (Lipinski definition) is 7. The summed E-state index contributed by atoms with van der Waals surface area (Å²) in [4.78, 5) is 45.0. The number of aryl methyl sites for hydroxylation is 2. The zero-order valence-corrected chi connectivity index (χ0v) is 27.6. The van der Waals surface area contributed by atoms with Gasteiger partial charge in [0.15, 0.2) is 0 Å². The monoisotopic (exact) mass is 670 g/mol. The van der Waals surface area contributed by atoms with Crippen molar-refractivity contribution >= 4 is 55.9 Å². The lowest BCUT2D eigenvalue weighted by Gasteiger charge is -2.46. The number of anilines is 1. The molecule has 6 rings (SSSR count). The number of halogens is 1. The van der Waals surface area contributed by atoms with Crippen LogP contribution in [-0.4, -0.2) is 74.6 Å². The Balaban J connectivity index is 1.32. The molecule has 2 aliphatic heterocycles. The van der Waals surface area contributed by atoms with E-state index in [1.54, 1.807) is 39.9 Å². The zero-order chi connectivity index (χ0) is 33.4. The highest BCUT2D eigenvalue weighted by atomic mass is 35.5. The van der Waals surface area contributed by atoms with E-state index in [0.717, 1.165) is 32.3 Å². The number of carbonyl (C=O) groups is 3. The second kappa shape index (κ2) is 13.2. The Bertz CT molecular complexity index is 1920. The number of benzene rings is 3. The van der Waals surface area contributed by atoms with Gasteiger partial charge in [-0.1, -0.05) is 53.9 Å². The third-order valence-electron chi connectivity index (χ3n) is 8.74. The van der Waals surface area contributed by atoms with Gasteiger partial charge in [-0.3, -0.25) is 9.59 Å². The highest BCUT2D eigenvalue weighted by molar-refractivity contribution is 7.22. The van der Waals surface area contributed by atoms with Crippen LogP contribution in [0, 0.1) is 26.2 Å². The molecule has 0 aliphatic carbocycles. The number of terminal acetylenes is 1. The molecule has 3 heterocycles. The molecule has 4 amide bonds. The number of fused-ring (bicyclic) bond motifs is 2. The van der Waals surface area contributed by atoms with Crippen molar-refractivity contribution in [2.45, 2.75) is 45.6 Å². The maximum Gasteiger partial charge on any atom is 0.333 e. The lowest BCUT2D eigenvalue weighted by molar-refractivity contribution is -0.157. The summed E-state index contributed by atoms with van der Waals surface area (Å²) < 4.78 is 1.02. The average molecular weight is 671 g/mol. The smallest absolute Gasteiger partial charge is 0.333 e. The van der Waals surface area contributed by atoms with E-state index in [1.165, 1.54) is 16.3 Å². The van der Waals surface area contributed by atoms with Crippen LogP contribution in [0.3, 0.4) is 0 Å². The molecule has 47 heavy (non-hydrogen) atoms. The van der Waals surface area contributed by atoms with E-state index in [4.69, 9.17) is 23.8 Å². The predicted molar refractivity (Wildman–Crippen MR) is 183 cm³/mol. The molecule has 2 aliphatic rings. The van der Waals surface area contributed by atoms with Crippen molar-refractivity contribution in [3.63, 3.8) is 0 Å². The van der Waals surface area contributed by atoms with Crippen molar-refractivity contribution in [3.05, 3.63) is 93.5 Å². The molecule has 4 N–H and O–H groups in total. The number of nitrogen functional groups attached to an aromatic ring is 1. The third-order valence-corrected chi connectivity index (χ3v) is 10.1. The molecule has 12 heteroatoms. The molecule has 10 nitrogen and oxygen atoms in total. The van der Waals surface area contributed by atoms with Crippen molar-refractivity contribution in [2.75, 3.05) is 25.4 Å². The molecule has 0 radical (unpaired) electrons. The summed E-state index contributed by atoms with van der Waals surface area (Å²) >= 11 is 7.66. The van der Waals surface area contributed by atoms with E-state index >= 15 is 0 Å². The van der Waals surface area contributed by atoms with Gasteiger partial charge in [0.2, 0.25) is 11.8 Å². The van der Waals surface area contributed by atoms with Crippen molar-refractivity contribution in [1.82, 2.24) is 25.1 Å². The summed E-state index contributed by atoms with van der Waals surface area (Å²) in [6, 6.07) is 17.2. The summed E-state index contributed by atoms with van der Waals surface area (Å²) in [6.07, 6.45) is 5.33. The first-order valence-corrected chi connectivity index (χ1v) is 16.4. The van der Waals surface area contributed by atoms with E-state index in [0.29, 0.717) is 22.1 Å². The fraction of sp³-hybridized carbons (Fsp3) is 0.286. The van der Waals surface area contributed by atoms with Gasteiger partial charge in [0, 0.05) is 29.2 Å². The van der Waals surface area contributed by atoms with Crippen LogP contribution >= 0.6 is 22.9 Å². The maximum absolute atomic E-state index is 14.3. The zero-order valence-electron chi connectivity index (χ0n) is 26.1. The molecule has 2 saturated heterocycles. The van der Waals surface area contributed by atoms with Crippen LogP contribution in [0.5, 0.6) is 5.75 Å². The second-order valence-electron chi connectivity index (χ2n) is 11.9. The molecule has 0 bridgehead atoms. The first-order chi connectivity index (χ1) is 22.5. The van der Waals surface area contributed by atoms with Gasteiger partial charge in [-0.25, -0.2) is 9.80 Å². The number of piperazine rings is 1. The lowest BCUT2D eigenvalue weighted by Crippen LogP contribution is -2.66. The van der Waals surface area contributed by atoms with Crippen LogP contribution < -0.4 is 11.1 Å². The van der Waals surface area contributed by atoms with Crippen molar-refractivity contribution in [1.29, 1.82) is 0 Å². The summed E-state index contributed by atoms with van der Waals surface area (Å²) in [5.74, 6) is 2.23. The van der Waals surface area contributed by atoms with Crippen molar-refractivity contribution < 1.29 is 19.5 Å². The molecule has 242 valence electrons. The van der Waals surface area contributed by atoms with Gasteiger partial charge in [-0.2, -0.15) is 5.01 Å². The molecule has 0 spiro atoms. The Hall–Kier alpha value is -4.76. The Morgan fingerprint density at radius 2 is 1.89 bits per heavy atom. The molecule has 3 aromatic carbocycles. The lowest BCUT2D eigenvalue weighted by atomic mass is 9.98. The molecular formula is C35H35ClN6O4S. The van der Waals surface area contributed by atoms with Crippen LogP contribution in [0.15, 0.2) is 60.7 Å². The van der Waals surface area contributed by atoms with Crippen LogP contribution in [0.1, 0.15) is 27.8 Å². The van der Waals surface area contributed by atoms with Gasteiger partial charge in [0.1, 0.15) is 18.0 Å². The Kier molecular flexibility index (Phi) is 9.01. The van der Waals surface area contributed by atoms with E-state index < -0.39 is 18.2 Å². The van der Waals surface area contributed by atoms with E-state index in [9.17, 15) is 19.5 Å². The second-order valence-corrected chi connectivity index (χ2v) is 13.4. The van der Waals surface area contributed by atoms with Crippen LogP contribution in [0.4, 0.5) is 9.80 Å². The molecule has 2 fully saturated rings. The Morgan fingerprint density at radius 1 is 1.13 bits per heavy atom. The quantitative estimate of drug-likeness (QED) is 0.235. The molecule has 0 saturated carbocycles. The SMILES string of the molecule is C#CCN(C(=O)NCc1ccc(Cl)c(C)c1)N1CC(=O)N2[C@@H](Cc3ccc(O)c(C)c3)C(=O)N(Cc3cccc4sc(N)cc34)C[C@@H]21. The summed E-state index contributed by atoms with van der Waals surface area (Å²) in [5.41, 5.74) is 10.3. The van der Waals surface area contributed by atoms with Crippen LogP contribution in [0.25, 0.3) is 10.1 Å². The number of amides is 4. The van der Waals surface area contributed by atoms with Crippen molar-refractivity contribution in [3.8, 4) is 18.1 Å². The van der Waals surface area contributed by atoms with E-state index in [-0.39, 0.29) is 50.2 Å². The fourth-order valence-electron chi connectivity index (χ4n) is 6.39. The first-order valence-electron chi connectivity index (χ1n) is 15.2. The standard InChI is InChI=1S/C35H35ClN6O4S/c1-4-12-40(35(46)38-17-24-8-10-27(36)21(2)13-24)41-20-33(44)42-28(15-23-9-11-29(43)22(3)14-23)34(45)39(19-32(41)42)18-25-6-5-7-30-26(25)16-31(37)47-30/h1,5-11,13-14,16,28,32,43H,12,15,17-20,37H2,2-3H3,(H,38,46)/t28-,32+/m0/s1. The number of hydrogen-bond donors (Lipinski definition) is 3. The topological polar surface area (TPSA) is 122 Å². The molecular weight excluding hydrogens is 636 g/mol. The Morgan fingerprint density at radius 3 is 2.64 bits per heavy atom. The minimum atomic E-state index is -0.838. The van der Waals surface area contributed by atoms with E-state index in [1.807, 2.05) is 49.4 Å². The minimum absolute atomic E-state index is 0.0770. The molecule has 0 unspecified atom stereocenters. The number of nitrogens with one attached hydrogen (secondary N) is 1. The van der Waals surface area contributed by atoms with Crippen LogP contribution in [-0.2, 0) is 29.1 Å². The Labute approximate surface area is 282 Å². The van der Waals surface area contributed by atoms with Gasteiger partial charge in [0.05, 0.1) is 24.6 Å². The average Bonchev–Trinajstić information content (AvgIpc) is 3.59. The van der Waals surface area contributed by atoms with Crippen LogP contribution in [0.2, 0.25) is 5.02 Å². The van der Waals surface area contributed by atoms with E-state index in [2.05, 4.69) is 11.2 Å². The number of phenols is 1. The van der Waals surface area contributed by atoms with Gasteiger partial charge >= 0.3 is 6.03 Å². The molecule has 1 aromatic heterocycles. The number of urea groups is 1. The van der Waals surface area contributed by atoms with Crippen molar-refractivity contribution in [2.24, 2.45) is 0 Å². The minimum Gasteiger partial charge on any atom is -0.508 e.